The van der Waals surface area contributed by atoms with Crippen molar-refractivity contribution in [2.45, 2.75) is 110 Å². The number of benzene rings is 1. The van der Waals surface area contributed by atoms with Crippen LogP contribution in [-0.2, 0) is 20.7 Å². The molecule has 46 heavy (non-hydrogen) atoms. The molecule has 1 aromatic rings. The maximum atomic E-state index is 14.7. The minimum Gasteiger partial charge on any atom is -0.506 e. The Morgan fingerprint density at radius 2 is 1.70 bits per heavy atom. The topological polar surface area (TPSA) is 119 Å². The molecule has 0 aromatic heterocycles. The first kappa shape index (κ1) is 32.0. The van der Waals surface area contributed by atoms with Crippen molar-refractivity contribution in [2.24, 2.45) is 11.8 Å². The number of carbonyl (C=O) groups is 3. The van der Waals surface area contributed by atoms with Crippen LogP contribution in [0.2, 0.25) is 0 Å². The van der Waals surface area contributed by atoms with Crippen molar-refractivity contribution in [2.75, 3.05) is 0 Å². The van der Waals surface area contributed by atoms with Gasteiger partial charge in [-0.05, 0) is 93.2 Å². The molecular weight excluding hydrogens is 584 g/mol. The summed E-state index contributed by atoms with van der Waals surface area (Å²) in [5.41, 5.74) is -0.952. The molecule has 3 aliphatic heterocycles. The minimum absolute atomic E-state index is 0.0544. The van der Waals surface area contributed by atoms with Gasteiger partial charge >= 0.3 is 5.97 Å². The monoisotopic (exact) mass is 628 g/mol. The summed E-state index contributed by atoms with van der Waals surface area (Å²) < 4.78 is 20.6. The molecule has 0 radical (unpaired) electrons. The summed E-state index contributed by atoms with van der Waals surface area (Å²) in [4.78, 5) is 40.8. The molecule has 1 saturated heterocycles. The van der Waals surface area contributed by atoms with Gasteiger partial charge in [0.2, 0.25) is 0 Å². The number of aromatic hydroxyl groups is 1. The van der Waals surface area contributed by atoms with E-state index in [9.17, 15) is 24.6 Å². The van der Waals surface area contributed by atoms with Crippen LogP contribution in [0.3, 0.4) is 0 Å². The van der Waals surface area contributed by atoms with Crippen LogP contribution < -0.4 is 9.47 Å². The van der Waals surface area contributed by atoms with Gasteiger partial charge in [-0.25, -0.2) is 4.79 Å². The van der Waals surface area contributed by atoms with Crippen molar-refractivity contribution in [1.29, 1.82) is 0 Å². The predicted molar refractivity (Wildman–Crippen MR) is 174 cm³/mol. The highest BCUT2D eigenvalue weighted by atomic mass is 16.6. The van der Waals surface area contributed by atoms with Gasteiger partial charge < -0.3 is 24.4 Å². The summed E-state index contributed by atoms with van der Waals surface area (Å²) in [5, 5.41) is 21.4. The Bertz CT molecular complexity index is 1730. The molecule has 244 valence electrons. The van der Waals surface area contributed by atoms with Crippen molar-refractivity contribution in [3.63, 3.8) is 0 Å². The number of Topliss-reactive ketones (excluding diaryl/α,β-unsaturated/α-hetero) is 2. The van der Waals surface area contributed by atoms with E-state index < -0.39 is 40.1 Å². The summed E-state index contributed by atoms with van der Waals surface area (Å²) in [5.74, 6) is -2.28. The molecule has 5 atom stereocenters. The van der Waals surface area contributed by atoms with Crippen LogP contribution in [0.4, 0.5) is 0 Å². The molecule has 1 saturated carbocycles. The fourth-order valence-corrected chi connectivity index (χ4v) is 8.17. The third-order valence-corrected chi connectivity index (χ3v) is 10.5. The second kappa shape index (κ2) is 10.6. The molecule has 8 nitrogen and oxygen atoms in total. The summed E-state index contributed by atoms with van der Waals surface area (Å²) in [6.45, 7) is 15.4. The Labute approximate surface area is 270 Å². The molecule has 2 unspecified atom stereocenters. The van der Waals surface area contributed by atoms with E-state index in [4.69, 9.17) is 14.2 Å². The van der Waals surface area contributed by atoms with Gasteiger partial charge in [0.1, 0.15) is 28.4 Å². The van der Waals surface area contributed by atoms with Gasteiger partial charge in [0, 0.05) is 35.0 Å². The molecule has 3 heterocycles. The average molecular weight is 629 g/mol. The van der Waals surface area contributed by atoms with Crippen molar-refractivity contribution in [1.82, 2.24) is 0 Å². The van der Waals surface area contributed by atoms with Gasteiger partial charge in [-0.15, -0.1) is 0 Å². The number of ether oxygens (including phenoxy) is 3. The first-order valence-corrected chi connectivity index (χ1v) is 16.2. The van der Waals surface area contributed by atoms with E-state index in [-0.39, 0.29) is 40.8 Å². The molecule has 2 N–H and O–H groups in total. The number of hydrogen-bond acceptors (Lipinski definition) is 7. The standard InChI is InChI=1S/C38H44O8/c1-20(2)10-9-15-36(8)16-14-24-29(39)28-30(40)26-18-23-19-27-35(6,7)46-37(33(23)41,17-13-22(5)34(42)43)38(26,27)45-32(28)25(31(24)44-36)12-11-21(3)4/h10-11,13-14,16,18,23,27,39H,9,12,15,17,19H2,1-8H3,(H,42,43)/t23-,27?,36+,37?,38-/m1/s1. The molecular formula is C38H44O8. The summed E-state index contributed by atoms with van der Waals surface area (Å²) in [6, 6.07) is 0. The number of hydrogen-bond donors (Lipinski definition) is 2. The Balaban J connectivity index is 1.59. The number of rotatable bonds is 8. The van der Waals surface area contributed by atoms with E-state index in [2.05, 4.69) is 19.9 Å². The SMILES string of the molecule is CC(C)=CCC[C@@]1(C)C=Cc2c(O)c3c(c(CC=C(C)C)c2O1)O[C@]12C(=C[C@@H]4CC1C(C)(C)OC2(CC=C(C)C(=O)O)C4=O)C3=O. The van der Waals surface area contributed by atoms with Gasteiger partial charge in [-0.3, -0.25) is 9.59 Å². The number of aliphatic carboxylic acids is 1. The van der Waals surface area contributed by atoms with E-state index in [0.717, 1.165) is 12.0 Å². The van der Waals surface area contributed by atoms with Crippen LogP contribution >= 0.6 is 0 Å². The number of phenolic OH excluding ortho intramolecular Hbond substituents is 1. The van der Waals surface area contributed by atoms with E-state index in [1.807, 2.05) is 52.8 Å². The van der Waals surface area contributed by atoms with Gasteiger partial charge in [0.05, 0.1) is 11.2 Å². The van der Waals surface area contributed by atoms with Crippen LogP contribution in [0.5, 0.6) is 17.2 Å². The normalized spacial score (nSPS) is 31.2. The van der Waals surface area contributed by atoms with E-state index in [0.29, 0.717) is 41.7 Å². The maximum Gasteiger partial charge on any atom is 0.330 e. The van der Waals surface area contributed by atoms with Crippen LogP contribution in [-0.4, -0.2) is 50.2 Å². The number of allylic oxidation sites excluding steroid dienone is 5. The molecule has 3 aliphatic carbocycles. The van der Waals surface area contributed by atoms with E-state index in [1.54, 1.807) is 6.08 Å². The average Bonchev–Trinajstić information content (AvgIpc) is 3.12. The summed E-state index contributed by atoms with van der Waals surface area (Å²) in [6.07, 6.45) is 13.4. The number of fused-ring (bicyclic) bond motifs is 2. The number of phenols is 1. The van der Waals surface area contributed by atoms with E-state index in [1.165, 1.54) is 18.6 Å². The molecule has 4 bridgehead atoms. The lowest BCUT2D eigenvalue weighted by Crippen LogP contribution is -2.72. The van der Waals surface area contributed by atoms with Crippen LogP contribution in [0.25, 0.3) is 6.08 Å². The first-order valence-electron chi connectivity index (χ1n) is 16.2. The number of carboxylic acids is 1. The summed E-state index contributed by atoms with van der Waals surface area (Å²) in [7, 11) is 0. The second-order valence-corrected chi connectivity index (χ2v) is 14.8. The third-order valence-electron chi connectivity index (χ3n) is 10.5. The van der Waals surface area contributed by atoms with Gasteiger partial charge in [-0.1, -0.05) is 35.5 Å². The lowest BCUT2D eigenvalue weighted by atomic mass is 9.51. The van der Waals surface area contributed by atoms with E-state index >= 15 is 0 Å². The fraction of sp³-hybridized carbons (Fsp3) is 0.500. The Hall–Kier alpha value is -3.91. The van der Waals surface area contributed by atoms with Crippen molar-refractivity contribution < 1.29 is 38.8 Å². The highest BCUT2D eigenvalue weighted by molar-refractivity contribution is 6.19. The fourth-order valence-electron chi connectivity index (χ4n) is 8.17. The maximum absolute atomic E-state index is 14.7. The molecule has 2 fully saturated rings. The molecule has 6 aliphatic rings. The predicted octanol–water partition coefficient (Wildman–Crippen LogP) is 7.24. The lowest BCUT2D eigenvalue weighted by molar-refractivity contribution is -0.171. The van der Waals surface area contributed by atoms with Gasteiger partial charge in [0.15, 0.2) is 22.8 Å². The third kappa shape index (κ3) is 4.47. The molecule has 1 aromatic carbocycles. The second-order valence-electron chi connectivity index (χ2n) is 14.8. The Morgan fingerprint density at radius 1 is 1.00 bits per heavy atom. The largest absolute Gasteiger partial charge is 0.506 e. The number of ketones is 2. The number of carboxylic acid groups (broad SMARTS) is 1. The molecule has 7 rings (SSSR count). The minimum atomic E-state index is -1.63. The zero-order valence-corrected chi connectivity index (χ0v) is 28.0. The Kier molecular flexibility index (Phi) is 7.36. The highest BCUT2D eigenvalue weighted by Crippen LogP contribution is 2.68. The van der Waals surface area contributed by atoms with Crippen molar-refractivity contribution in [3.05, 3.63) is 69.4 Å². The van der Waals surface area contributed by atoms with Crippen LogP contribution in [0, 0.1) is 11.8 Å². The quantitative estimate of drug-likeness (QED) is 0.228. The Morgan fingerprint density at radius 3 is 2.35 bits per heavy atom. The van der Waals surface area contributed by atoms with Crippen molar-refractivity contribution >= 4 is 23.6 Å². The first-order chi connectivity index (χ1) is 21.5. The van der Waals surface area contributed by atoms with Crippen LogP contribution in [0.1, 0.15) is 103 Å². The lowest BCUT2D eigenvalue weighted by Gasteiger charge is -2.56. The molecule has 0 amide bonds. The number of carbonyl (C=O) groups excluding carboxylic acids is 2. The van der Waals surface area contributed by atoms with Gasteiger partial charge in [-0.2, -0.15) is 0 Å². The van der Waals surface area contributed by atoms with Gasteiger partial charge in [0.25, 0.3) is 0 Å². The zero-order chi connectivity index (χ0) is 33.6. The van der Waals surface area contributed by atoms with Crippen molar-refractivity contribution in [3.8, 4) is 17.2 Å². The molecule has 8 heteroatoms. The molecule has 1 spiro atoms. The smallest absolute Gasteiger partial charge is 0.330 e. The zero-order valence-electron chi connectivity index (χ0n) is 28.0. The van der Waals surface area contributed by atoms with Crippen LogP contribution in [0.15, 0.2) is 52.7 Å². The highest BCUT2D eigenvalue weighted by Gasteiger charge is 2.81. The summed E-state index contributed by atoms with van der Waals surface area (Å²) >= 11 is 0.